The van der Waals surface area contributed by atoms with E-state index in [2.05, 4.69) is 29.7 Å². The second kappa shape index (κ2) is 5.52. The zero-order valence-electron chi connectivity index (χ0n) is 10.9. The minimum Gasteiger partial charge on any atom is -0.491 e. The van der Waals surface area contributed by atoms with Crippen molar-refractivity contribution in [2.24, 2.45) is 0 Å². The third kappa shape index (κ3) is 3.45. The van der Waals surface area contributed by atoms with Crippen LogP contribution in [-0.4, -0.2) is 25.2 Å². The van der Waals surface area contributed by atoms with Crippen LogP contribution in [0.4, 0.5) is 0 Å². The molecule has 0 saturated carbocycles. The molecule has 1 unspecified atom stereocenters. The summed E-state index contributed by atoms with van der Waals surface area (Å²) in [4.78, 5) is 0. The van der Waals surface area contributed by atoms with Gasteiger partial charge in [-0.05, 0) is 38.5 Å². The minimum absolute atomic E-state index is 0.234. The second-order valence-electron chi connectivity index (χ2n) is 4.98. The lowest BCUT2D eigenvalue weighted by atomic mass is 10.1. The molecule has 17 heavy (non-hydrogen) atoms. The van der Waals surface area contributed by atoms with Crippen LogP contribution in [0, 0.1) is 0 Å². The van der Waals surface area contributed by atoms with Gasteiger partial charge in [0.2, 0.25) is 0 Å². The molecule has 1 aliphatic heterocycles. The SMILES string of the molecule is CC(C)Oc1ccc(C(C)NC2CNC2)cc1. The summed E-state index contributed by atoms with van der Waals surface area (Å²) in [7, 11) is 0. The van der Waals surface area contributed by atoms with Crippen LogP contribution in [0.5, 0.6) is 5.75 Å². The van der Waals surface area contributed by atoms with Crippen LogP contribution in [0.3, 0.4) is 0 Å². The first-order chi connectivity index (χ1) is 8.15. The van der Waals surface area contributed by atoms with Crippen LogP contribution in [0.25, 0.3) is 0 Å². The van der Waals surface area contributed by atoms with Crippen LogP contribution >= 0.6 is 0 Å². The van der Waals surface area contributed by atoms with E-state index in [1.807, 2.05) is 26.0 Å². The Hall–Kier alpha value is -1.06. The molecule has 94 valence electrons. The Balaban J connectivity index is 1.91. The van der Waals surface area contributed by atoms with Gasteiger partial charge in [-0.1, -0.05) is 12.1 Å². The second-order valence-corrected chi connectivity index (χ2v) is 4.98. The maximum Gasteiger partial charge on any atom is 0.119 e. The summed E-state index contributed by atoms with van der Waals surface area (Å²) in [6, 6.07) is 9.40. The molecule has 0 amide bonds. The van der Waals surface area contributed by atoms with Gasteiger partial charge in [-0.3, -0.25) is 0 Å². The van der Waals surface area contributed by atoms with Crippen LogP contribution in [0.2, 0.25) is 0 Å². The molecule has 3 nitrogen and oxygen atoms in total. The lowest BCUT2D eigenvalue weighted by molar-refractivity contribution is 0.242. The van der Waals surface area contributed by atoms with Crippen molar-refractivity contribution in [2.45, 2.75) is 39.0 Å². The molecule has 1 saturated heterocycles. The topological polar surface area (TPSA) is 33.3 Å². The predicted octanol–water partition coefficient (Wildman–Crippen LogP) is 2.10. The monoisotopic (exact) mass is 234 g/mol. The quantitative estimate of drug-likeness (QED) is 0.818. The molecule has 0 aromatic heterocycles. The maximum absolute atomic E-state index is 5.63. The summed E-state index contributed by atoms with van der Waals surface area (Å²) in [6.07, 6.45) is 0.234. The van der Waals surface area contributed by atoms with E-state index in [1.54, 1.807) is 0 Å². The van der Waals surface area contributed by atoms with Crippen LogP contribution in [0.1, 0.15) is 32.4 Å². The average molecular weight is 234 g/mol. The molecule has 0 bridgehead atoms. The summed E-state index contributed by atoms with van der Waals surface area (Å²) in [5.74, 6) is 0.946. The zero-order valence-corrected chi connectivity index (χ0v) is 10.9. The molecule has 1 aliphatic rings. The molecule has 0 spiro atoms. The highest BCUT2D eigenvalue weighted by molar-refractivity contribution is 5.29. The molecular formula is C14H22N2O. The Labute approximate surface area is 104 Å². The van der Waals surface area contributed by atoms with E-state index < -0.39 is 0 Å². The Morgan fingerprint density at radius 2 is 1.82 bits per heavy atom. The van der Waals surface area contributed by atoms with E-state index >= 15 is 0 Å². The van der Waals surface area contributed by atoms with E-state index in [1.165, 1.54) is 5.56 Å². The average Bonchev–Trinajstić information content (AvgIpc) is 2.23. The molecule has 2 N–H and O–H groups in total. The standard InChI is InChI=1S/C14H22N2O/c1-10(2)17-14-6-4-12(5-7-14)11(3)16-13-8-15-9-13/h4-7,10-11,13,15-16H,8-9H2,1-3H3. The van der Waals surface area contributed by atoms with Crippen molar-refractivity contribution in [1.29, 1.82) is 0 Å². The van der Waals surface area contributed by atoms with Gasteiger partial charge in [0.1, 0.15) is 5.75 Å². The van der Waals surface area contributed by atoms with Crippen molar-refractivity contribution >= 4 is 0 Å². The first kappa shape index (κ1) is 12.4. The molecule has 1 aromatic carbocycles. The van der Waals surface area contributed by atoms with Crippen molar-refractivity contribution < 1.29 is 4.74 Å². The lowest BCUT2D eigenvalue weighted by Crippen LogP contribution is -2.55. The summed E-state index contributed by atoms with van der Waals surface area (Å²) in [6.45, 7) is 8.46. The highest BCUT2D eigenvalue weighted by Crippen LogP contribution is 2.19. The van der Waals surface area contributed by atoms with Gasteiger partial charge in [0, 0.05) is 25.2 Å². The zero-order chi connectivity index (χ0) is 12.3. The van der Waals surface area contributed by atoms with Crippen LogP contribution < -0.4 is 15.4 Å². The maximum atomic E-state index is 5.63. The summed E-state index contributed by atoms with van der Waals surface area (Å²) >= 11 is 0. The third-order valence-electron chi connectivity index (χ3n) is 3.02. The Bertz CT molecular complexity index is 344. The summed E-state index contributed by atoms with van der Waals surface area (Å²) < 4.78 is 5.63. The van der Waals surface area contributed by atoms with Gasteiger partial charge in [-0.15, -0.1) is 0 Å². The molecule has 1 aromatic rings. The van der Waals surface area contributed by atoms with Gasteiger partial charge >= 0.3 is 0 Å². The van der Waals surface area contributed by atoms with Gasteiger partial charge in [-0.2, -0.15) is 0 Å². The van der Waals surface area contributed by atoms with Gasteiger partial charge in [0.15, 0.2) is 0 Å². The van der Waals surface area contributed by atoms with E-state index in [0.717, 1.165) is 18.8 Å². The molecular weight excluding hydrogens is 212 g/mol. The fourth-order valence-corrected chi connectivity index (χ4v) is 1.96. The van der Waals surface area contributed by atoms with Crippen molar-refractivity contribution in [3.8, 4) is 5.75 Å². The first-order valence-corrected chi connectivity index (χ1v) is 6.38. The number of ether oxygens (including phenoxy) is 1. The Morgan fingerprint density at radius 1 is 1.18 bits per heavy atom. The highest BCUT2D eigenvalue weighted by Gasteiger charge is 2.18. The van der Waals surface area contributed by atoms with Gasteiger partial charge in [-0.25, -0.2) is 0 Å². The number of rotatable bonds is 5. The summed E-state index contributed by atoms with van der Waals surface area (Å²) in [5, 5.41) is 6.86. The van der Waals surface area contributed by atoms with Crippen molar-refractivity contribution in [3.63, 3.8) is 0 Å². The number of hydrogen-bond acceptors (Lipinski definition) is 3. The van der Waals surface area contributed by atoms with Crippen molar-refractivity contribution in [2.75, 3.05) is 13.1 Å². The van der Waals surface area contributed by atoms with E-state index in [9.17, 15) is 0 Å². The predicted molar refractivity (Wildman–Crippen MR) is 70.4 cm³/mol. The number of hydrogen-bond donors (Lipinski definition) is 2. The molecule has 1 atom stereocenters. The molecule has 2 rings (SSSR count). The van der Waals surface area contributed by atoms with E-state index in [4.69, 9.17) is 4.74 Å². The Morgan fingerprint density at radius 3 is 2.29 bits per heavy atom. The molecule has 0 radical (unpaired) electrons. The minimum atomic E-state index is 0.234. The largest absolute Gasteiger partial charge is 0.491 e. The Kier molecular flexibility index (Phi) is 4.02. The summed E-state index contributed by atoms with van der Waals surface area (Å²) in [5.41, 5.74) is 1.31. The van der Waals surface area contributed by atoms with Crippen LogP contribution in [0.15, 0.2) is 24.3 Å². The third-order valence-corrected chi connectivity index (χ3v) is 3.02. The van der Waals surface area contributed by atoms with Crippen LogP contribution in [-0.2, 0) is 0 Å². The van der Waals surface area contributed by atoms with Gasteiger partial charge in [0.05, 0.1) is 6.10 Å². The molecule has 1 heterocycles. The number of benzene rings is 1. The van der Waals surface area contributed by atoms with E-state index in [0.29, 0.717) is 12.1 Å². The normalized spacial score (nSPS) is 17.9. The first-order valence-electron chi connectivity index (χ1n) is 6.38. The highest BCUT2D eigenvalue weighted by atomic mass is 16.5. The fourth-order valence-electron chi connectivity index (χ4n) is 1.96. The molecule has 3 heteroatoms. The smallest absolute Gasteiger partial charge is 0.119 e. The van der Waals surface area contributed by atoms with Gasteiger partial charge < -0.3 is 15.4 Å². The number of nitrogens with one attached hydrogen (secondary N) is 2. The molecule has 0 aliphatic carbocycles. The van der Waals surface area contributed by atoms with E-state index in [-0.39, 0.29) is 6.10 Å². The van der Waals surface area contributed by atoms with Gasteiger partial charge in [0.25, 0.3) is 0 Å². The van der Waals surface area contributed by atoms with Crippen molar-refractivity contribution in [3.05, 3.63) is 29.8 Å². The fraction of sp³-hybridized carbons (Fsp3) is 0.571. The molecule has 1 fully saturated rings. The lowest BCUT2D eigenvalue weighted by Gasteiger charge is -2.31. The van der Waals surface area contributed by atoms with Crippen molar-refractivity contribution in [1.82, 2.24) is 10.6 Å².